The number of carbonyl (C=O) groups is 1. The zero-order valence-corrected chi connectivity index (χ0v) is 11.2. The lowest BCUT2D eigenvalue weighted by Crippen LogP contribution is -2.02. The molecule has 0 spiro atoms. The highest BCUT2D eigenvalue weighted by Gasteiger charge is 2.11. The van der Waals surface area contributed by atoms with E-state index in [-0.39, 0.29) is 11.6 Å². The maximum absolute atomic E-state index is 13.2. The van der Waals surface area contributed by atoms with Gasteiger partial charge in [-0.25, -0.2) is 9.07 Å². The number of aromatic nitrogens is 2. The molecule has 1 aromatic heterocycles. The molecule has 1 aromatic carbocycles. The van der Waals surface area contributed by atoms with E-state index in [9.17, 15) is 9.18 Å². The highest BCUT2D eigenvalue weighted by molar-refractivity contribution is 7.99. The van der Waals surface area contributed by atoms with Crippen molar-refractivity contribution in [2.75, 3.05) is 5.75 Å². The van der Waals surface area contributed by atoms with Gasteiger partial charge >= 0.3 is 5.97 Å². The van der Waals surface area contributed by atoms with Gasteiger partial charge in [-0.2, -0.15) is 5.10 Å². The smallest absolute Gasteiger partial charge is 0.313 e. The van der Waals surface area contributed by atoms with Crippen LogP contribution in [0.1, 0.15) is 12.6 Å². The molecule has 0 unspecified atom stereocenters. The van der Waals surface area contributed by atoms with Crippen molar-refractivity contribution in [1.29, 1.82) is 0 Å². The zero-order valence-electron chi connectivity index (χ0n) is 10.3. The third kappa shape index (κ3) is 3.35. The van der Waals surface area contributed by atoms with Crippen LogP contribution >= 0.6 is 11.8 Å². The zero-order chi connectivity index (χ0) is 13.8. The summed E-state index contributed by atoms with van der Waals surface area (Å²) in [6.45, 7) is 1.96. The SMILES string of the molecule is CCc1cc(SCC(=O)O)n(-c2cccc(F)c2)n1. The Morgan fingerprint density at radius 1 is 1.47 bits per heavy atom. The number of hydrogen-bond donors (Lipinski definition) is 1. The molecule has 2 rings (SSSR count). The van der Waals surface area contributed by atoms with Crippen molar-refractivity contribution in [3.63, 3.8) is 0 Å². The fraction of sp³-hybridized carbons (Fsp3) is 0.231. The number of hydrogen-bond acceptors (Lipinski definition) is 3. The molecule has 100 valence electrons. The highest BCUT2D eigenvalue weighted by atomic mass is 32.2. The molecule has 4 nitrogen and oxygen atoms in total. The lowest BCUT2D eigenvalue weighted by atomic mass is 10.3. The van der Waals surface area contributed by atoms with E-state index in [2.05, 4.69) is 5.10 Å². The molecule has 0 bridgehead atoms. The quantitative estimate of drug-likeness (QED) is 0.856. The van der Waals surface area contributed by atoms with Crippen LogP contribution in [0.5, 0.6) is 0 Å². The second kappa shape index (κ2) is 5.88. The predicted molar refractivity (Wildman–Crippen MR) is 71.3 cm³/mol. The van der Waals surface area contributed by atoms with Gasteiger partial charge in [0.2, 0.25) is 0 Å². The van der Waals surface area contributed by atoms with E-state index >= 15 is 0 Å². The Hall–Kier alpha value is -1.82. The summed E-state index contributed by atoms with van der Waals surface area (Å²) >= 11 is 1.17. The van der Waals surface area contributed by atoms with Gasteiger partial charge in [0.25, 0.3) is 0 Å². The van der Waals surface area contributed by atoms with Gasteiger partial charge in [-0.1, -0.05) is 24.8 Å². The molecule has 0 aliphatic carbocycles. The van der Waals surface area contributed by atoms with Crippen LogP contribution in [0.3, 0.4) is 0 Å². The molecule has 1 N–H and O–H groups in total. The van der Waals surface area contributed by atoms with E-state index in [0.717, 1.165) is 12.1 Å². The molecule has 0 aliphatic heterocycles. The lowest BCUT2D eigenvalue weighted by Gasteiger charge is -2.06. The molecule has 6 heteroatoms. The number of carboxylic acid groups (broad SMARTS) is 1. The van der Waals surface area contributed by atoms with Crippen molar-refractivity contribution in [2.45, 2.75) is 18.4 Å². The first kappa shape index (κ1) is 13.6. The normalized spacial score (nSPS) is 10.6. The fourth-order valence-electron chi connectivity index (χ4n) is 1.61. The van der Waals surface area contributed by atoms with Crippen molar-refractivity contribution >= 4 is 17.7 Å². The van der Waals surface area contributed by atoms with Crippen LogP contribution in [0.15, 0.2) is 35.4 Å². The van der Waals surface area contributed by atoms with Gasteiger partial charge in [0.05, 0.1) is 17.1 Å². The van der Waals surface area contributed by atoms with E-state index in [4.69, 9.17) is 5.11 Å². The summed E-state index contributed by atoms with van der Waals surface area (Å²) in [5.74, 6) is -1.29. The molecular weight excluding hydrogens is 267 g/mol. The molecule has 19 heavy (non-hydrogen) atoms. The number of rotatable bonds is 5. The second-order valence-corrected chi connectivity index (χ2v) is 4.90. The molecule has 0 saturated heterocycles. The van der Waals surface area contributed by atoms with Crippen molar-refractivity contribution in [3.05, 3.63) is 41.8 Å². The Kier molecular flexibility index (Phi) is 4.21. The third-order valence-electron chi connectivity index (χ3n) is 2.49. The summed E-state index contributed by atoms with van der Waals surface area (Å²) < 4.78 is 14.8. The van der Waals surface area contributed by atoms with Crippen LogP contribution in [0, 0.1) is 5.82 Å². The summed E-state index contributed by atoms with van der Waals surface area (Å²) in [7, 11) is 0. The highest BCUT2D eigenvalue weighted by Crippen LogP contribution is 2.23. The topological polar surface area (TPSA) is 55.1 Å². The number of benzene rings is 1. The lowest BCUT2D eigenvalue weighted by molar-refractivity contribution is -0.133. The van der Waals surface area contributed by atoms with Gasteiger partial charge in [-0.05, 0) is 30.7 Å². The monoisotopic (exact) mass is 280 g/mol. The molecular formula is C13H13FN2O2S. The summed E-state index contributed by atoms with van der Waals surface area (Å²) in [5, 5.41) is 13.8. The molecule has 0 atom stereocenters. The van der Waals surface area contributed by atoms with E-state index in [1.807, 2.05) is 13.0 Å². The summed E-state index contributed by atoms with van der Waals surface area (Å²) in [6.07, 6.45) is 0.739. The van der Waals surface area contributed by atoms with E-state index in [0.29, 0.717) is 10.7 Å². The Morgan fingerprint density at radius 2 is 2.26 bits per heavy atom. The maximum atomic E-state index is 13.2. The van der Waals surface area contributed by atoms with Gasteiger partial charge in [0.15, 0.2) is 0 Å². The molecule has 2 aromatic rings. The first-order valence-electron chi connectivity index (χ1n) is 5.79. The number of nitrogens with zero attached hydrogens (tertiary/aromatic N) is 2. The average molecular weight is 280 g/mol. The van der Waals surface area contributed by atoms with Crippen LogP contribution in [0.25, 0.3) is 5.69 Å². The Balaban J connectivity index is 2.37. The number of thioether (sulfide) groups is 1. The van der Waals surface area contributed by atoms with Crippen LogP contribution in [-0.4, -0.2) is 26.6 Å². The Bertz CT molecular complexity index is 598. The molecule has 1 heterocycles. The molecule has 0 amide bonds. The van der Waals surface area contributed by atoms with Crippen molar-refractivity contribution in [3.8, 4) is 5.69 Å². The summed E-state index contributed by atoms with van der Waals surface area (Å²) in [4.78, 5) is 10.6. The van der Waals surface area contributed by atoms with Crippen LogP contribution in [0.4, 0.5) is 4.39 Å². The maximum Gasteiger partial charge on any atom is 0.313 e. The molecule has 0 fully saturated rings. The van der Waals surface area contributed by atoms with Crippen LogP contribution in [0.2, 0.25) is 0 Å². The fourth-order valence-corrected chi connectivity index (χ4v) is 2.37. The first-order chi connectivity index (χ1) is 9.10. The number of carboxylic acids is 1. The largest absolute Gasteiger partial charge is 0.481 e. The average Bonchev–Trinajstić information content (AvgIpc) is 2.79. The number of aliphatic carboxylic acids is 1. The Labute approximate surface area is 114 Å². The first-order valence-corrected chi connectivity index (χ1v) is 6.78. The van der Waals surface area contributed by atoms with Gasteiger partial charge in [0.1, 0.15) is 10.8 Å². The molecule has 0 saturated carbocycles. The minimum Gasteiger partial charge on any atom is -0.481 e. The second-order valence-electron chi connectivity index (χ2n) is 3.90. The van der Waals surface area contributed by atoms with Crippen LogP contribution < -0.4 is 0 Å². The minimum absolute atomic E-state index is 0.0514. The van der Waals surface area contributed by atoms with Crippen LogP contribution in [-0.2, 0) is 11.2 Å². The predicted octanol–water partition coefficient (Wildman–Crippen LogP) is 2.75. The summed E-state index contributed by atoms with van der Waals surface area (Å²) in [6, 6.07) is 7.90. The number of halogens is 1. The van der Waals surface area contributed by atoms with Gasteiger partial charge < -0.3 is 5.11 Å². The third-order valence-corrected chi connectivity index (χ3v) is 3.46. The molecule has 0 aliphatic rings. The van der Waals surface area contributed by atoms with Gasteiger partial charge in [-0.15, -0.1) is 0 Å². The molecule has 0 radical (unpaired) electrons. The summed E-state index contributed by atoms with van der Waals surface area (Å²) in [5.41, 5.74) is 1.43. The van der Waals surface area contributed by atoms with Crippen molar-refractivity contribution in [1.82, 2.24) is 9.78 Å². The van der Waals surface area contributed by atoms with E-state index < -0.39 is 5.97 Å². The number of aryl methyl sites for hydroxylation is 1. The van der Waals surface area contributed by atoms with Gasteiger partial charge in [0, 0.05) is 0 Å². The van der Waals surface area contributed by atoms with Crippen molar-refractivity contribution in [2.24, 2.45) is 0 Å². The van der Waals surface area contributed by atoms with E-state index in [1.54, 1.807) is 16.8 Å². The van der Waals surface area contributed by atoms with Crippen molar-refractivity contribution < 1.29 is 14.3 Å². The Morgan fingerprint density at radius 3 is 2.89 bits per heavy atom. The van der Waals surface area contributed by atoms with E-state index in [1.165, 1.54) is 23.9 Å². The standard InChI is InChI=1S/C13H13FN2O2S/c1-2-10-7-12(19-8-13(17)18)16(15-10)11-5-3-4-9(14)6-11/h3-7H,2,8H2,1H3,(H,17,18). The minimum atomic E-state index is -0.893. The van der Waals surface area contributed by atoms with Gasteiger partial charge in [-0.3, -0.25) is 4.79 Å².